The molecule has 0 fully saturated rings. The summed E-state index contributed by atoms with van der Waals surface area (Å²) in [6, 6.07) is 20.7. The Morgan fingerprint density at radius 1 is 0.955 bits per heavy atom. The molecule has 2 aromatic rings. The number of carbonyl (C=O) groups excluding carboxylic acids is 1. The number of carbonyl (C=O) groups is 1. The summed E-state index contributed by atoms with van der Waals surface area (Å²) in [4.78, 5) is 11.9. The first-order chi connectivity index (χ1) is 10.8. The Morgan fingerprint density at radius 3 is 2.00 bits per heavy atom. The molecule has 0 aliphatic heterocycles. The largest absolute Gasteiger partial charge is 0.355 e. The van der Waals surface area contributed by atoms with Gasteiger partial charge in [-0.2, -0.15) is 0 Å². The number of hydrogen-bond acceptors (Lipinski definition) is 2. The van der Waals surface area contributed by atoms with E-state index in [1.807, 2.05) is 43.4 Å². The van der Waals surface area contributed by atoms with Crippen LogP contribution >= 0.6 is 0 Å². The van der Waals surface area contributed by atoms with Gasteiger partial charge in [0.15, 0.2) is 0 Å². The molecule has 0 aliphatic carbocycles. The molecule has 0 saturated carbocycles. The van der Waals surface area contributed by atoms with Gasteiger partial charge in [0.25, 0.3) is 0 Å². The molecule has 22 heavy (non-hydrogen) atoms. The maximum Gasteiger partial charge on any atom is 0.220 e. The Bertz CT molecular complexity index is 515. The zero-order valence-corrected chi connectivity index (χ0v) is 13.1. The lowest BCUT2D eigenvalue weighted by atomic mass is 9.91. The summed E-state index contributed by atoms with van der Waals surface area (Å²) in [5.41, 5.74) is 2.45. The Labute approximate surface area is 132 Å². The monoisotopic (exact) mass is 296 g/mol. The molecule has 116 valence electrons. The van der Waals surface area contributed by atoms with Crippen LogP contribution in [0.4, 0.5) is 0 Å². The van der Waals surface area contributed by atoms with Gasteiger partial charge < -0.3 is 10.6 Å². The normalized spacial score (nSPS) is 10.6. The molecule has 0 aliphatic rings. The molecule has 0 heterocycles. The summed E-state index contributed by atoms with van der Waals surface area (Å²) in [5.74, 6) is 0.308. The molecule has 0 aromatic heterocycles. The molecular weight excluding hydrogens is 272 g/mol. The average molecular weight is 296 g/mol. The van der Waals surface area contributed by atoms with Gasteiger partial charge in [-0.05, 0) is 31.1 Å². The van der Waals surface area contributed by atoms with Crippen molar-refractivity contribution in [1.82, 2.24) is 10.6 Å². The zero-order chi connectivity index (χ0) is 15.6. The fourth-order valence-electron chi connectivity index (χ4n) is 2.53. The third-order valence-electron chi connectivity index (χ3n) is 3.74. The van der Waals surface area contributed by atoms with Crippen LogP contribution in [0.2, 0.25) is 0 Å². The minimum atomic E-state index is 0.118. The molecule has 0 unspecified atom stereocenters. The van der Waals surface area contributed by atoms with Gasteiger partial charge in [0.1, 0.15) is 0 Å². The molecule has 2 rings (SSSR count). The maximum atomic E-state index is 11.9. The zero-order valence-electron chi connectivity index (χ0n) is 13.1. The predicted molar refractivity (Wildman–Crippen MR) is 90.9 cm³/mol. The fraction of sp³-hybridized carbons (Fsp3) is 0.316. The van der Waals surface area contributed by atoms with Gasteiger partial charge in [-0.15, -0.1) is 0 Å². The van der Waals surface area contributed by atoms with Crippen molar-refractivity contribution in [2.24, 2.45) is 0 Å². The lowest BCUT2D eigenvalue weighted by molar-refractivity contribution is -0.121. The minimum absolute atomic E-state index is 0.118. The van der Waals surface area contributed by atoms with Crippen LogP contribution in [0.25, 0.3) is 0 Å². The number of rotatable bonds is 8. The van der Waals surface area contributed by atoms with Crippen LogP contribution < -0.4 is 10.6 Å². The quantitative estimate of drug-likeness (QED) is 0.735. The first kappa shape index (κ1) is 16.2. The molecule has 0 bridgehead atoms. The second-order valence-electron chi connectivity index (χ2n) is 5.39. The lowest BCUT2D eigenvalue weighted by Crippen LogP contribution is -2.29. The lowest BCUT2D eigenvalue weighted by Gasteiger charge is -2.19. The number of amides is 1. The highest BCUT2D eigenvalue weighted by Gasteiger charge is 2.14. The van der Waals surface area contributed by atoms with Crippen LogP contribution in [0.3, 0.4) is 0 Å². The second kappa shape index (κ2) is 9.00. The van der Waals surface area contributed by atoms with Crippen molar-refractivity contribution >= 4 is 5.91 Å². The standard InChI is InChI=1S/C19H24N2O/c1-20-14-8-13-19(22)21-15-18(16-9-4-2-5-10-16)17-11-6-3-7-12-17/h2-7,9-12,18,20H,8,13-15H2,1H3,(H,21,22). The molecule has 0 spiro atoms. The average Bonchev–Trinajstić information content (AvgIpc) is 2.57. The first-order valence-corrected chi connectivity index (χ1v) is 7.82. The molecule has 0 saturated heterocycles. The maximum absolute atomic E-state index is 11.9. The topological polar surface area (TPSA) is 41.1 Å². The number of hydrogen-bond donors (Lipinski definition) is 2. The van der Waals surface area contributed by atoms with Gasteiger partial charge in [0, 0.05) is 18.9 Å². The van der Waals surface area contributed by atoms with Crippen LogP contribution in [0, 0.1) is 0 Å². The van der Waals surface area contributed by atoms with Gasteiger partial charge in [-0.1, -0.05) is 60.7 Å². The smallest absolute Gasteiger partial charge is 0.220 e. The summed E-state index contributed by atoms with van der Waals surface area (Å²) in [6.07, 6.45) is 1.43. The summed E-state index contributed by atoms with van der Waals surface area (Å²) in [6.45, 7) is 1.50. The van der Waals surface area contributed by atoms with Crippen molar-refractivity contribution in [2.75, 3.05) is 20.1 Å². The van der Waals surface area contributed by atoms with Crippen LogP contribution in [0.1, 0.15) is 29.9 Å². The van der Waals surface area contributed by atoms with Crippen molar-refractivity contribution in [3.63, 3.8) is 0 Å². The molecule has 0 radical (unpaired) electrons. The van der Waals surface area contributed by atoms with Crippen molar-refractivity contribution in [1.29, 1.82) is 0 Å². The number of benzene rings is 2. The predicted octanol–water partition coefficient (Wildman–Crippen LogP) is 2.93. The Morgan fingerprint density at radius 2 is 1.50 bits per heavy atom. The molecule has 2 aromatic carbocycles. The molecule has 1 amide bonds. The third kappa shape index (κ3) is 5.01. The summed E-state index contributed by atoms with van der Waals surface area (Å²) in [7, 11) is 1.90. The van der Waals surface area contributed by atoms with Crippen LogP contribution in [-0.4, -0.2) is 26.0 Å². The van der Waals surface area contributed by atoms with Crippen LogP contribution in [0.15, 0.2) is 60.7 Å². The van der Waals surface area contributed by atoms with Crippen molar-refractivity contribution < 1.29 is 4.79 Å². The van der Waals surface area contributed by atoms with Gasteiger partial charge in [0.05, 0.1) is 0 Å². The summed E-state index contributed by atoms with van der Waals surface area (Å²) in [5, 5.41) is 6.13. The van der Waals surface area contributed by atoms with E-state index in [-0.39, 0.29) is 11.8 Å². The Balaban J connectivity index is 2.02. The van der Waals surface area contributed by atoms with E-state index in [1.165, 1.54) is 11.1 Å². The van der Waals surface area contributed by atoms with Gasteiger partial charge in [0.2, 0.25) is 5.91 Å². The van der Waals surface area contributed by atoms with Gasteiger partial charge in [-0.25, -0.2) is 0 Å². The molecule has 3 nitrogen and oxygen atoms in total. The summed E-state index contributed by atoms with van der Waals surface area (Å²) < 4.78 is 0. The highest BCUT2D eigenvalue weighted by Crippen LogP contribution is 2.23. The fourth-order valence-corrected chi connectivity index (χ4v) is 2.53. The second-order valence-corrected chi connectivity index (χ2v) is 5.39. The van der Waals surface area contributed by atoms with Gasteiger partial charge in [-0.3, -0.25) is 4.79 Å². The van der Waals surface area contributed by atoms with Crippen molar-refractivity contribution in [2.45, 2.75) is 18.8 Å². The van der Waals surface area contributed by atoms with E-state index in [0.717, 1.165) is 13.0 Å². The van der Waals surface area contributed by atoms with E-state index in [0.29, 0.717) is 13.0 Å². The molecule has 2 N–H and O–H groups in total. The minimum Gasteiger partial charge on any atom is -0.355 e. The van der Waals surface area contributed by atoms with Crippen LogP contribution in [0.5, 0.6) is 0 Å². The van der Waals surface area contributed by atoms with E-state index in [2.05, 4.69) is 34.9 Å². The van der Waals surface area contributed by atoms with E-state index < -0.39 is 0 Å². The van der Waals surface area contributed by atoms with E-state index in [9.17, 15) is 4.79 Å². The highest BCUT2D eigenvalue weighted by atomic mass is 16.1. The highest BCUT2D eigenvalue weighted by molar-refractivity contribution is 5.76. The van der Waals surface area contributed by atoms with Gasteiger partial charge >= 0.3 is 0 Å². The molecule has 0 atom stereocenters. The number of nitrogens with one attached hydrogen (secondary N) is 2. The third-order valence-corrected chi connectivity index (χ3v) is 3.74. The van der Waals surface area contributed by atoms with Crippen molar-refractivity contribution in [3.05, 3.63) is 71.8 Å². The Hall–Kier alpha value is -2.13. The Kier molecular flexibility index (Phi) is 6.65. The van der Waals surface area contributed by atoms with Crippen LogP contribution in [-0.2, 0) is 4.79 Å². The van der Waals surface area contributed by atoms with E-state index >= 15 is 0 Å². The molecule has 3 heteroatoms. The molecular formula is C19H24N2O. The SMILES string of the molecule is CNCCCC(=O)NCC(c1ccccc1)c1ccccc1. The summed E-state index contributed by atoms with van der Waals surface area (Å²) >= 11 is 0. The van der Waals surface area contributed by atoms with E-state index in [1.54, 1.807) is 0 Å². The van der Waals surface area contributed by atoms with E-state index in [4.69, 9.17) is 0 Å². The first-order valence-electron chi connectivity index (χ1n) is 7.82. The van der Waals surface area contributed by atoms with Crippen molar-refractivity contribution in [3.8, 4) is 0 Å².